The van der Waals surface area contributed by atoms with Crippen molar-refractivity contribution in [2.75, 3.05) is 12.4 Å². The van der Waals surface area contributed by atoms with Crippen molar-refractivity contribution in [3.63, 3.8) is 0 Å². The number of carbonyl (C=O) groups is 2. The number of esters is 1. The van der Waals surface area contributed by atoms with Gasteiger partial charge in [-0.25, -0.2) is 4.79 Å². The fraction of sp³-hybridized carbons (Fsp3) is 0.292. The second-order valence-corrected chi connectivity index (χ2v) is 7.41. The maximum Gasteiger partial charge on any atom is 0.339 e. The summed E-state index contributed by atoms with van der Waals surface area (Å²) in [6.07, 6.45) is 2.77. The molecule has 0 saturated heterocycles. The summed E-state index contributed by atoms with van der Waals surface area (Å²) in [7, 11) is 1.56. The van der Waals surface area contributed by atoms with Gasteiger partial charge in [-0.05, 0) is 56.4 Å². The first-order valence-electron chi connectivity index (χ1n) is 10.1. The largest absolute Gasteiger partial charge is 0.497 e. The molecule has 0 unspecified atom stereocenters. The molecule has 1 N–H and O–H groups in total. The summed E-state index contributed by atoms with van der Waals surface area (Å²) in [5, 5.41) is 3.53. The number of hydrogen-bond acceptors (Lipinski definition) is 5. The van der Waals surface area contributed by atoms with Crippen LogP contribution in [0.3, 0.4) is 0 Å². The Balaban J connectivity index is 1.57. The summed E-state index contributed by atoms with van der Waals surface area (Å²) in [6, 6.07) is 14.6. The van der Waals surface area contributed by atoms with Crippen molar-refractivity contribution in [1.82, 2.24) is 4.98 Å². The second kappa shape index (κ2) is 8.53. The zero-order valence-electron chi connectivity index (χ0n) is 17.1. The normalized spacial score (nSPS) is 13.9. The van der Waals surface area contributed by atoms with Gasteiger partial charge in [0.2, 0.25) is 0 Å². The molecule has 1 aliphatic carbocycles. The van der Waals surface area contributed by atoms with Gasteiger partial charge >= 0.3 is 5.97 Å². The van der Waals surface area contributed by atoms with Gasteiger partial charge in [0, 0.05) is 22.8 Å². The number of amides is 1. The summed E-state index contributed by atoms with van der Waals surface area (Å²) >= 11 is 0. The zero-order valence-corrected chi connectivity index (χ0v) is 17.1. The van der Waals surface area contributed by atoms with E-state index in [1.165, 1.54) is 0 Å². The molecule has 1 amide bonds. The SMILES string of the molecule is COc1cccc(NC(=O)[C@@H](C)OC(=O)c2c3c(nc4ccccc24)CCCC3)c1. The third-order valence-corrected chi connectivity index (χ3v) is 5.36. The van der Waals surface area contributed by atoms with E-state index in [2.05, 4.69) is 5.32 Å². The number of hydrogen-bond donors (Lipinski definition) is 1. The molecule has 30 heavy (non-hydrogen) atoms. The molecule has 0 spiro atoms. The van der Waals surface area contributed by atoms with Crippen molar-refractivity contribution >= 4 is 28.5 Å². The molecule has 1 aromatic heterocycles. The van der Waals surface area contributed by atoms with Crippen molar-refractivity contribution in [2.45, 2.75) is 38.7 Å². The number of rotatable bonds is 5. The summed E-state index contributed by atoms with van der Waals surface area (Å²) < 4.78 is 10.8. The van der Waals surface area contributed by atoms with E-state index in [9.17, 15) is 9.59 Å². The van der Waals surface area contributed by atoms with Crippen LogP contribution in [0.15, 0.2) is 48.5 Å². The molecule has 6 heteroatoms. The highest BCUT2D eigenvalue weighted by Gasteiger charge is 2.26. The number of aryl methyl sites for hydroxylation is 1. The second-order valence-electron chi connectivity index (χ2n) is 7.41. The number of anilines is 1. The number of methoxy groups -OCH3 is 1. The van der Waals surface area contributed by atoms with Crippen LogP contribution in [0.25, 0.3) is 10.9 Å². The minimum absolute atomic E-state index is 0.399. The molecule has 4 rings (SSSR count). The Kier molecular flexibility index (Phi) is 5.65. The van der Waals surface area contributed by atoms with Crippen LogP contribution in [0.4, 0.5) is 5.69 Å². The molecule has 1 heterocycles. The van der Waals surface area contributed by atoms with Gasteiger partial charge < -0.3 is 14.8 Å². The first-order chi connectivity index (χ1) is 14.6. The van der Waals surface area contributed by atoms with Crippen molar-refractivity contribution < 1.29 is 19.1 Å². The van der Waals surface area contributed by atoms with Crippen molar-refractivity contribution in [3.8, 4) is 5.75 Å². The standard InChI is InChI=1S/C24H24N2O4/c1-15(23(27)25-16-8-7-9-17(14-16)29-2)30-24(28)22-18-10-3-5-12-20(18)26-21-13-6-4-11-19(21)22/h3,5,7-10,12,14-15H,4,6,11,13H2,1-2H3,(H,25,27)/t15-/m1/s1. The predicted octanol–water partition coefficient (Wildman–Crippen LogP) is 4.31. The lowest BCUT2D eigenvalue weighted by Gasteiger charge is -2.21. The van der Waals surface area contributed by atoms with E-state index in [0.29, 0.717) is 17.0 Å². The van der Waals surface area contributed by atoms with Crippen molar-refractivity contribution in [2.24, 2.45) is 0 Å². The molecule has 2 aromatic carbocycles. The summed E-state index contributed by atoms with van der Waals surface area (Å²) in [4.78, 5) is 30.5. The Hall–Kier alpha value is -3.41. The van der Waals surface area contributed by atoms with E-state index < -0.39 is 18.0 Å². The fourth-order valence-corrected chi connectivity index (χ4v) is 3.82. The van der Waals surface area contributed by atoms with Gasteiger partial charge in [-0.3, -0.25) is 9.78 Å². The van der Waals surface area contributed by atoms with Crippen LogP contribution in [0.2, 0.25) is 0 Å². The number of fused-ring (bicyclic) bond motifs is 2. The molecule has 1 atom stereocenters. The average Bonchev–Trinajstić information content (AvgIpc) is 2.77. The summed E-state index contributed by atoms with van der Waals surface area (Å²) in [5.41, 5.74) is 3.80. The topological polar surface area (TPSA) is 77.5 Å². The Labute approximate surface area is 175 Å². The van der Waals surface area contributed by atoms with Crippen LogP contribution in [0.5, 0.6) is 5.75 Å². The number of carbonyl (C=O) groups excluding carboxylic acids is 2. The van der Waals surface area contributed by atoms with Crippen LogP contribution < -0.4 is 10.1 Å². The highest BCUT2D eigenvalue weighted by Crippen LogP contribution is 2.30. The minimum Gasteiger partial charge on any atom is -0.497 e. The fourth-order valence-electron chi connectivity index (χ4n) is 3.82. The Morgan fingerprint density at radius 3 is 2.70 bits per heavy atom. The smallest absolute Gasteiger partial charge is 0.339 e. The van der Waals surface area contributed by atoms with Gasteiger partial charge in [-0.2, -0.15) is 0 Å². The van der Waals surface area contributed by atoms with E-state index >= 15 is 0 Å². The number of nitrogens with one attached hydrogen (secondary N) is 1. The molecule has 154 valence electrons. The number of nitrogens with zero attached hydrogens (tertiary/aromatic N) is 1. The lowest BCUT2D eigenvalue weighted by Crippen LogP contribution is -2.30. The van der Waals surface area contributed by atoms with Crippen LogP contribution in [-0.2, 0) is 22.4 Å². The first-order valence-corrected chi connectivity index (χ1v) is 10.1. The number of aromatic nitrogens is 1. The molecule has 3 aromatic rings. The molecule has 0 radical (unpaired) electrons. The molecule has 0 aliphatic heterocycles. The monoisotopic (exact) mass is 404 g/mol. The zero-order chi connectivity index (χ0) is 21.1. The van der Waals surface area contributed by atoms with E-state index in [0.717, 1.165) is 47.8 Å². The lowest BCUT2D eigenvalue weighted by atomic mass is 9.90. The van der Waals surface area contributed by atoms with Gasteiger partial charge in [0.15, 0.2) is 6.10 Å². The minimum atomic E-state index is -0.949. The quantitative estimate of drug-likeness (QED) is 0.642. The highest BCUT2D eigenvalue weighted by molar-refractivity contribution is 6.06. The maximum absolute atomic E-state index is 13.1. The number of benzene rings is 2. The van der Waals surface area contributed by atoms with Crippen molar-refractivity contribution in [1.29, 1.82) is 0 Å². The molecule has 1 aliphatic rings. The Morgan fingerprint density at radius 1 is 1.07 bits per heavy atom. The van der Waals surface area contributed by atoms with Crippen LogP contribution in [-0.4, -0.2) is 30.1 Å². The van der Waals surface area contributed by atoms with Crippen molar-refractivity contribution in [3.05, 3.63) is 65.4 Å². The molecule has 0 saturated carbocycles. The predicted molar refractivity (Wildman–Crippen MR) is 115 cm³/mol. The van der Waals surface area contributed by atoms with Crippen LogP contribution in [0.1, 0.15) is 41.4 Å². The van der Waals surface area contributed by atoms with Crippen LogP contribution >= 0.6 is 0 Å². The first kappa shape index (κ1) is 19.9. The maximum atomic E-state index is 13.1. The molecule has 0 fully saturated rings. The van der Waals surface area contributed by atoms with Gasteiger partial charge in [0.25, 0.3) is 5.91 Å². The Bertz CT molecular complexity index is 1110. The summed E-state index contributed by atoms with van der Waals surface area (Å²) in [5.74, 6) is -0.254. The lowest BCUT2D eigenvalue weighted by molar-refractivity contribution is -0.123. The number of pyridine rings is 1. The molecular weight excluding hydrogens is 380 g/mol. The van der Waals surface area contributed by atoms with Gasteiger partial charge in [0.1, 0.15) is 5.75 Å². The van der Waals surface area contributed by atoms with Gasteiger partial charge in [-0.15, -0.1) is 0 Å². The van der Waals surface area contributed by atoms with E-state index in [1.54, 1.807) is 38.3 Å². The number of para-hydroxylation sites is 1. The third-order valence-electron chi connectivity index (χ3n) is 5.36. The van der Waals surface area contributed by atoms with Gasteiger partial charge in [0.05, 0.1) is 18.2 Å². The van der Waals surface area contributed by atoms with E-state index in [-0.39, 0.29) is 0 Å². The van der Waals surface area contributed by atoms with E-state index in [1.807, 2.05) is 24.3 Å². The highest BCUT2D eigenvalue weighted by atomic mass is 16.5. The van der Waals surface area contributed by atoms with Crippen LogP contribution in [0, 0.1) is 0 Å². The van der Waals surface area contributed by atoms with Gasteiger partial charge in [-0.1, -0.05) is 24.3 Å². The van der Waals surface area contributed by atoms with E-state index in [4.69, 9.17) is 14.5 Å². The average molecular weight is 404 g/mol. The molecular formula is C24H24N2O4. The third kappa shape index (κ3) is 3.99. The Morgan fingerprint density at radius 2 is 1.87 bits per heavy atom. The molecule has 6 nitrogen and oxygen atoms in total. The molecule has 0 bridgehead atoms. The summed E-state index contributed by atoms with van der Waals surface area (Å²) in [6.45, 7) is 1.57. The number of ether oxygens (including phenoxy) is 2.